The van der Waals surface area contributed by atoms with Crippen molar-refractivity contribution in [3.05, 3.63) is 29.8 Å². The average Bonchev–Trinajstić information content (AvgIpc) is 2.51. The highest BCUT2D eigenvalue weighted by atomic mass is 16.5. The van der Waals surface area contributed by atoms with Gasteiger partial charge in [-0.05, 0) is 49.3 Å². The maximum atomic E-state index is 7.11. The lowest BCUT2D eigenvalue weighted by molar-refractivity contribution is 0.208. The number of benzene rings is 1. The van der Waals surface area contributed by atoms with E-state index in [4.69, 9.17) is 15.9 Å². The van der Waals surface area contributed by atoms with E-state index < -0.39 is 0 Å². The summed E-state index contributed by atoms with van der Waals surface area (Å²) in [5, 5.41) is 9.94. The molecule has 0 amide bonds. The number of aryl methyl sites for hydroxylation is 1. The van der Waals surface area contributed by atoms with Crippen LogP contribution >= 0.6 is 0 Å². The van der Waals surface area contributed by atoms with Crippen LogP contribution in [0.1, 0.15) is 44.1 Å². The Balaban J connectivity index is 1.73. The molecule has 0 bridgehead atoms. The molecule has 1 fully saturated rings. The second kappa shape index (κ2) is 8.55. The molecular weight excluding hydrogens is 262 g/mol. The normalized spacial score (nSPS) is 15.6. The quantitative estimate of drug-likeness (QED) is 0.410. The molecule has 0 saturated heterocycles. The minimum Gasteiger partial charge on any atom is -0.493 e. The van der Waals surface area contributed by atoms with Gasteiger partial charge in [0.25, 0.3) is 0 Å². The van der Waals surface area contributed by atoms with E-state index in [0.717, 1.165) is 37.7 Å². The van der Waals surface area contributed by atoms with Crippen LogP contribution in [0.25, 0.3) is 0 Å². The first-order valence-corrected chi connectivity index (χ1v) is 8.03. The molecule has 0 radical (unpaired) electrons. The molecule has 4 nitrogen and oxygen atoms in total. The molecule has 0 heterocycles. The van der Waals surface area contributed by atoms with Gasteiger partial charge in [-0.3, -0.25) is 5.41 Å². The van der Waals surface area contributed by atoms with E-state index in [0.29, 0.717) is 0 Å². The molecule has 0 aromatic heterocycles. The molecule has 4 N–H and O–H groups in total. The fraction of sp³-hybridized carbons (Fsp3) is 0.588. The fourth-order valence-electron chi connectivity index (χ4n) is 2.87. The largest absolute Gasteiger partial charge is 0.493 e. The molecule has 1 aliphatic carbocycles. The van der Waals surface area contributed by atoms with E-state index in [1.54, 1.807) is 0 Å². The Labute approximate surface area is 127 Å². The highest BCUT2D eigenvalue weighted by molar-refractivity contribution is 5.74. The third-order valence-electron chi connectivity index (χ3n) is 4.07. The standard InChI is InChI=1S/C17H27N3O/c18-17(19)20-11-5-9-14-8-4-10-16(12-14)21-13-15-6-2-1-3-7-15/h4,8,10,12,15H,1-3,5-7,9,11,13H2,(H4,18,19,20). The van der Waals surface area contributed by atoms with Gasteiger partial charge in [-0.15, -0.1) is 0 Å². The van der Waals surface area contributed by atoms with Gasteiger partial charge in [0.15, 0.2) is 5.96 Å². The van der Waals surface area contributed by atoms with Gasteiger partial charge < -0.3 is 15.8 Å². The third-order valence-corrected chi connectivity index (χ3v) is 4.07. The van der Waals surface area contributed by atoms with Crippen molar-refractivity contribution in [1.82, 2.24) is 5.32 Å². The highest BCUT2D eigenvalue weighted by Gasteiger charge is 2.13. The van der Waals surface area contributed by atoms with Crippen LogP contribution in [0.5, 0.6) is 5.75 Å². The predicted octanol–water partition coefficient (Wildman–Crippen LogP) is 3.06. The molecule has 1 aliphatic rings. The van der Waals surface area contributed by atoms with Crippen molar-refractivity contribution in [2.24, 2.45) is 11.7 Å². The lowest BCUT2D eigenvalue weighted by Gasteiger charge is -2.21. The molecule has 1 aromatic carbocycles. The summed E-state index contributed by atoms with van der Waals surface area (Å²) in [6.07, 6.45) is 8.67. The summed E-state index contributed by atoms with van der Waals surface area (Å²) in [6.45, 7) is 1.60. The van der Waals surface area contributed by atoms with Crippen LogP contribution in [-0.4, -0.2) is 19.1 Å². The van der Waals surface area contributed by atoms with Gasteiger partial charge in [0.2, 0.25) is 0 Å². The average molecular weight is 289 g/mol. The number of hydrogen-bond donors (Lipinski definition) is 3. The molecule has 0 spiro atoms. The molecular formula is C17H27N3O. The number of guanidine groups is 1. The summed E-state index contributed by atoms with van der Waals surface area (Å²) < 4.78 is 5.96. The summed E-state index contributed by atoms with van der Waals surface area (Å²) in [7, 11) is 0. The molecule has 2 rings (SSSR count). The lowest BCUT2D eigenvalue weighted by Crippen LogP contribution is -2.31. The highest BCUT2D eigenvalue weighted by Crippen LogP contribution is 2.25. The van der Waals surface area contributed by atoms with Gasteiger partial charge >= 0.3 is 0 Å². The molecule has 0 unspecified atom stereocenters. The van der Waals surface area contributed by atoms with Crippen molar-refractivity contribution in [3.8, 4) is 5.75 Å². The van der Waals surface area contributed by atoms with Crippen LogP contribution in [0.3, 0.4) is 0 Å². The second-order valence-corrected chi connectivity index (χ2v) is 5.91. The van der Waals surface area contributed by atoms with E-state index in [-0.39, 0.29) is 5.96 Å². The van der Waals surface area contributed by atoms with Gasteiger partial charge in [-0.1, -0.05) is 31.4 Å². The Morgan fingerprint density at radius 3 is 2.86 bits per heavy atom. The van der Waals surface area contributed by atoms with Gasteiger partial charge in [-0.2, -0.15) is 0 Å². The van der Waals surface area contributed by atoms with Gasteiger partial charge in [0, 0.05) is 6.54 Å². The summed E-state index contributed by atoms with van der Waals surface area (Å²) in [6, 6.07) is 8.36. The van der Waals surface area contributed by atoms with Crippen molar-refractivity contribution in [2.75, 3.05) is 13.2 Å². The molecule has 0 aliphatic heterocycles. The maximum absolute atomic E-state index is 7.11. The Kier molecular flexibility index (Phi) is 6.38. The van der Waals surface area contributed by atoms with E-state index in [1.807, 2.05) is 6.07 Å². The van der Waals surface area contributed by atoms with Crippen molar-refractivity contribution in [2.45, 2.75) is 44.9 Å². The van der Waals surface area contributed by atoms with Gasteiger partial charge in [0.05, 0.1) is 6.61 Å². The van der Waals surface area contributed by atoms with Crippen LogP contribution in [0, 0.1) is 11.3 Å². The summed E-state index contributed by atoms with van der Waals surface area (Å²) in [5.74, 6) is 1.76. The topological polar surface area (TPSA) is 71.1 Å². The molecule has 1 aromatic rings. The predicted molar refractivity (Wildman–Crippen MR) is 86.7 cm³/mol. The first-order chi connectivity index (χ1) is 10.2. The van der Waals surface area contributed by atoms with E-state index in [9.17, 15) is 0 Å². The van der Waals surface area contributed by atoms with Crippen LogP contribution in [0.4, 0.5) is 0 Å². The zero-order valence-corrected chi connectivity index (χ0v) is 12.7. The molecule has 1 saturated carbocycles. The Hall–Kier alpha value is -1.71. The number of rotatable bonds is 7. The van der Waals surface area contributed by atoms with Crippen molar-refractivity contribution < 1.29 is 4.74 Å². The first-order valence-electron chi connectivity index (χ1n) is 8.03. The summed E-state index contributed by atoms with van der Waals surface area (Å²) >= 11 is 0. The minimum absolute atomic E-state index is 0.0413. The zero-order chi connectivity index (χ0) is 14.9. The molecule has 0 atom stereocenters. The monoisotopic (exact) mass is 289 g/mol. The number of hydrogen-bond acceptors (Lipinski definition) is 2. The third kappa shape index (κ3) is 6.06. The smallest absolute Gasteiger partial charge is 0.185 e. The number of ether oxygens (including phenoxy) is 1. The molecule has 21 heavy (non-hydrogen) atoms. The van der Waals surface area contributed by atoms with E-state index in [2.05, 4.69) is 23.5 Å². The summed E-state index contributed by atoms with van der Waals surface area (Å²) in [4.78, 5) is 0. The van der Waals surface area contributed by atoms with Crippen molar-refractivity contribution >= 4 is 5.96 Å². The molecule has 116 valence electrons. The Morgan fingerprint density at radius 2 is 2.10 bits per heavy atom. The maximum Gasteiger partial charge on any atom is 0.185 e. The van der Waals surface area contributed by atoms with Gasteiger partial charge in [-0.25, -0.2) is 0 Å². The molecule has 4 heteroatoms. The van der Waals surface area contributed by atoms with Crippen molar-refractivity contribution in [3.63, 3.8) is 0 Å². The number of nitrogens with two attached hydrogens (primary N) is 1. The number of nitrogens with one attached hydrogen (secondary N) is 2. The van der Waals surface area contributed by atoms with E-state index >= 15 is 0 Å². The van der Waals surface area contributed by atoms with E-state index in [1.165, 1.54) is 37.7 Å². The fourth-order valence-corrected chi connectivity index (χ4v) is 2.87. The Bertz CT molecular complexity index is 441. The minimum atomic E-state index is 0.0413. The lowest BCUT2D eigenvalue weighted by atomic mass is 9.90. The van der Waals surface area contributed by atoms with Crippen LogP contribution in [0.15, 0.2) is 24.3 Å². The zero-order valence-electron chi connectivity index (χ0n) is 12.7. The van der Waals surface area contributed by atoms with Crippen LogP contribution in [-0.2, 0) is 6.42 Å². The van der Waals surface area contributed by atoms with Crippen LogP contribution < -0.4 is 15.8 Å². The first kappa shape index (κ1) is 15.7. The van der Waals surface area contributed by atoms with Crippen LogP contribution in [0.2, 0.25) is 0 Å². The summed E-state index contributed by atoms with van der Waals surface area (Å²) in [5.41, 5.74) is 6.54. The van der Waals surface area contributed by atoms with Gasteiger partial charge in [0.1, 0.15) is 5.75 Å². The second-order valence-electron chi connectivity index (χ2n) is 5.91. The Morgan fingerprint density at radius 1 is 1.29 bits per heavy atom. The SMILES string of the molecule is N=C(N)NCCCc1cccc(OCC2CCCCC2)c1. The van der Waals surface area contributed by atoms with Crippen molar-refractivity contribution in [1.29, 1.82) is 5.41 Å².